The fraction of sp³-hybridized carbons (Fsp3) is 0.167. The van der Waals surface area contributed by atoms with Crippen LogP contribution in [0.4, 0.5) is 5.82 Å². The van der Waals surface area contributed by atoms with Crippen LogP contribution in [0.3, 0.4) is 0 Å². The highest BCUT2D eigenvalue weighted by atomic mass is 79.9. The standard InChI is InChI=1S/C12H11BrClN3O/c1-2-15-11-6-12(17-7-16-11)18-10-4-3-8(14)5-9(10)13/h3-7H,2H2,1H3,(H,15,16,17). The van der Waals surface area contributed by atoms with Gasteiger partial charge in [-0.1, -0.05) is 11.6 Å². The molecule has 0 atom stereocenters. The molecule has 0 unspecified atom stereocenters. The van der Waals surface area contributed by atoms with Crippen LogP contribution in [0.5, 0.6) is 11.6 Å². The molecule has 6 heteroatoms. The maximum atomic E-state index is 5.87. The van der Waals surface area contributed by atoms with Gasteiger partial charge in [-0.05, 0) is 41.1 Å². The molecule has 0 aliphatic heterocycles. The lowest BCUT2D eigenvalue weighted by Gasteiger charge is -2.08. The first kappa shape index (κ1) is 13.1. The molecule has 0 amide bonds. The zero-order valence-electron chi connectivity index (χ0n) is 9.65. The number of ether oxygens (including phenoxy) is 1. The summed E-state index contributed by atoms with van der Waals surface area (Å²) >= 11 is 9.25. The normalized spacial score (nSPS) is 10.2. The molecule has 0 saturated heterocycles. The third-order valence-corrected chi connectivity index (χ3v) is 2.96. The number of aromatic nitrogens is 2. The van der Waals surface area contributed by atoms with Crippen LogP contribution < -0.4 is 10.1 Å². The Labute approximate surface area is 118 Å². The monoisotopic (exact) mass is 327 g/mol. The maximum absolute atomic E-state index is 5.87. The number of rotatable bonds is 4. The zero-order chi connectivity index (χ0) is 13.0. The van der Waals surface area contributed by atoms with Gasteiger partial charge in [0.1, 0.15) is 17.9 Å². The first-order valence-corrected chi connectivity index (χ1v) is 6.55. The summed E-state index contributed by atoms with van der Waals surface area (Å²) in [5.41, 5.74) is 0. The quantitative estimate of drug-likeness (QED) is 0.917. The number of nitrogens with zero attached hydrogens (tertiary/aromatic N) is 2. The van der Waals surface area contributed by atoms with Gasteiger partial charge < -0.3 is 10.1 Å². The van der Waals surface area contributed by atoms with Gasteiger partial charge in [-0.3, -0.25) is 0 Å². The molecule has 0 saturated carbocycles. The van der Waals surface area contributed by atoms with Crippen molar-refractivity contribution in [2.24, 2.45) is 0 Å². The Bertz CT molecular complexity index is 551. The van der Waals surface area contributed by atoms with Crippen molar-refractivity contribution in [2.75, 3.05) is 11.9 Å². The molecule has 0 fully saturated rings. The van der Waals surface area contributed by atoms with Gasteiger partial charge in [0.25, 0.3) is 0 Å². The molecule has 1 aromatic heterocycles. The van der Waals surface area contributed by atoms with E-state index in [4.69, 9.17) is 16.3 Å². The fourth-order valence-corrected chi connectivity index (χ4v) is 2.11. The van der Waals surface area contributed by atoms with Crippen LogP contribution >= 0.6 is 27.5 Å². The number of nitrogens with one attached hydrogen (secondary N) is 1. The van der Waals surface area contributed by atoms with Crippen LogP contribution in [0.1, 0.15) is 6.92 Å². The predicted molar refractivity (Wildman–Crippen MR) is 75.4 cm³/mol. The highest BCUT2D eigenvalue weighted by Gasteiger charge is 2.05. The second kappa shape index (κ2) is 6.02. The second-order valence-electron chi connectivity index (χ2n) is 3.45. The molecular formula is C12H11BrClN3O. The van der Waals surface area contributed by atoms with E-state index in [0.717, 1.165) is 16.8 Å². The summed E-state index contributed by atoms with van der Waals surface area (Å²) in [6.45, 7) is 2.79. The van der Waals surface area contributed by atoms with Crippen LogP contribution in [-0.4, -0.2) is 16.5 Å². The van der Waals surface area contributed by atoms with Gasteiger partial charge in [0, 0.05) is 17.6 Å². The highest BCUT2D eigenvalue weighted by molar-refractivity contribution is 9.10. The number of anilines is 1. The van der Waals surface area contributed by atoms with Crippen molar-refractivity contribution in [1.29, 1.82) is 0 Å². The van der Waals surface area contributed by atoms with E-state index >= 15 is 0 Å². The van der Waals surface area contributed by atoms with E-state index in [1.54, 1.807) is 24.3 Å². The molecule has 0 bridgehead atoms. The minimum absolute atomic E-state index is 0.476. The fourth-order valence-electron chi connectivity index (χ4n) is 1.34. The third kappa shape index (κ3) is 3.34. The van der Waals surface area contributed by atoms with Gasteiger partial charge in [0.05, 0.1) is 4.47 Å². The van der Waals surface area contributed by atoms with Crippen LogP contribution in [0.15, 0.2) is 35.1 Å². The second-order valence-corrected chi connectivity index (χ2v) is 4.74. The van der Waals surface area contributed by atoms with Crippen molar-refractivity contribution in [3.8, 4) is 11.6 Å². The number of hydrogen-bond donors (Lipinski definition) is 1. The molecular weight excluding hydrogens is 318 g/mol. The minimum atomic E-state index is 0.476. The summed E-state index contributed by atoms with van der Waals surface area (Å²) in [7, 11) is 0. The van der Waals surface area contributed by atoms with Crippen molar-refractivity contribution in [3.63, 3.8) is 0 Å². The zero-order valence-corrected chi connectivity index (χ0v) is 12.0. The Morgan fingerprint density at radius 1 is 1.33 bits per heavy atom. The number of hydrogen-bond acceptors (Lipinski definition) is 4. The SMILES string of the molecule is CCNc1cc(Oc2ccc(Cl)cc2Br)ncn1. The van der Waals surface area contributed by atoms with Crippen molar-refractivity contribution in [3.05, 3.63) is 40.1 Å². The summed E-state index contributed by atoms with van der Waals surface area (Å²) in [6.07, 6.45) is 1.46. The summed E-state index contributed by atoms with van der Waals surface area (Å²) in [4.78, 5) is 8.13. The molecule has 18 heavy (non-hydrogen) atoms. The van der Waals surface area contributed by atoms with Crippen LogP contribution in [0.25, 0.3) is 0 Å². The predicted octanol–water partition coefficient (Wildman–Crippen LogP) is 4.12. The molecule has 2 rings (SSSR count). The molecule has 0 radical (unpaired) electrons. The van der Waals surface area contributed by atoms with Gasteiger partial charge in [-0.2, -0.15) is 0 Å². The van der Waals surface area contributed by atoms with Crippen molar-refractivity contribution >= 4 is 33.3 Å². The van der Waals surface area contributed by atoms with Gasteiger partial charge in [0.2, 0.25) is 5.88 Å². The largest absolute Gasteiger partial charge is 0.438 e. The minimum Gasteiger partial charge on any atom is -0.438 e. The van der Waals surface area contributed by atoms with E-state index in [9.17, 15) is 0 Å². The van der Waals surface area contributed by atoms with Gasteiger partial charge in [-0.25, -0.2) is 9.97 Å². The molecule has 0 aliphatic carbocycles. The third-order valence-electron chi connectivity index (χ3n) is 2.11. The first-order chi connectivity index (χ1) is 8.69. The van der Waals surface area contributed by atoms with E-state index in [1.807, 2.05) is 6.92 Å². The average molecular weight is 329 g/mol. The van der Waals surface area contributed by atoms with E-state index in [0.29, 0.717) is 16.7 Å². The topological polar surface area (TPSA) is 47.0 Å². The van der Waals surface area contributed by atoms with E-state index < -0.39 is 0 Å². The van der Waals surface area contributed by atoms with Gasteiger partial charge >= 0.3 is 0 Å². The van der Waals surface area contributed by atoms with E-state index in [1.165, 1.54) is 6.33 Å². The lowest BCUT2D eigenvalue weighted by atomic mass is 10.3. The molecule has 94 valence electrons. The smallest absolute Gasteiger partial charge is 0.224 e. The average Bonchev–Trinajstić information content (AvgIpc) is 2.34. The molecule has 2 aromatic rings. The lowest BCUT2D eigenvalue weighted by Crippen LogP contribution is -2.00. The Morgan fingerprint density at radius 3 is 2.89 bits per heavy atom. The lowest BCUT2D eigenvalue weighted by molar-refractivity contribution is 0.459. The number of halogens is 2. The Hall–Kier alpha value is -1.33. The van der Waals surface area contributed by atoms with E-state index in [2.05, 4.69) is 31.2 Å². The van der Waals surface area contributed by atoms with Gasteiger partial charge in [-0.15, -0.1) is 0 Å². The van der Waals surface area contributed by atoms with E-state index in [-0.39, 0.29) is 0 Å². The molecule has 1 N–H and O–H groups in total. The van der Waals surface area contributed by atoms with Crippen molar-refractivity contribution in [1.82, 2.24) is 9.97 Å². The van der Waals surface area contributed by atoms with Crippen LogP contribution in [-0.2, 0) is 0 Å². The molecule has 0 spiro atoms. The highest BCUT2D eigenvalue weighted by Crippen LogP contribution is 2.31. The Kier molecular flexibility index (Phi) is 4.38. The first-order valence-electron chi connectivity index (χ1n) is 5.38. The van der Waals surface area contributed by atoms with Gasteiger partial charge in [0.15, 0.2) is 0 Å². The van der Waals surface area contributed by atoms with Crippen LogP contribution in [0.2, 0.25) is 5.02 Å². The van der Waals surface area contributed by atoms with Crippen LogP contribution in [0, 0.1) is 0 Å². The molecule has 1 aromatic carbocycles. The summed E-state index contributed by atoms with van der Waals surface area (Å²) in [5.74, 6) is 1.86. The molecule has 0 aliphatic rings. The summed E-state index contributed by atoms with van der Waals surface area (Å²) < 4.78 is 6.43. The van der Waals surface area contributed by atoms with Crippen molar-refractivity contribution in [2.45, 2.75) is 6.92 Å². The maximum Gasteiger partial charge on any atom is 0.224 e. The number of benzene rings is 1. The molecule has 1 heterocycles. The Morgan fingerprint density at radius 2 is 2.17 bits per heavy atom. The Balaban J connectivity index is 2.20. The summed E-state index contributed by atoms with van der Waals surface area (Å²) in [5, 5.41) is 3.74. The molecule has 4 nitrogen and oxygen atoms in total. The van der Waals surface area contributed by atoms with Crippen molar-refractivity contribution < 1.29 is 4.74 Å². The summed E-state index contributed by atoms with van der Waals surface area (Å²) in [6, 6.07) is 7.04.